The molecule has 3 atom stereocenters. The lowest BCUT2D eigenvalue weighted by atomic mass is 9.82. The number of hydrogen-bond acceptors (Lipinski definition) is 5. The minimum atomic E-state index is -0.760. The van der Waals surface area contributed by atoms with Gasteiger partial charge in [-0.15, -0.1) is 0 Å². The van der Waals surface area contributed by atoms with Gasteiger partial charge in [0.2, 0.25) is 5.91 Å². The van der Waals surface area contributed by atoms with Crippen LogP contribution < -0.4 is 4.74 Å². The molecule has 1 saturated heterocycles. The Kier molecular flexibility index (Phi) is 4.63. The molecule has 0 aromatic heterocycles. The summed E-state index contributed by atoms with van der Waals surface area (Å²) in [6, 6.07) is 7.11. The van der Waals surface area contributed by atoms with Gasteiger partial charge >= 0.3 is 5.97 Å². The molecular weight excluding hydrogens is 322 g/mol. The number of esters is 1. The van der Waals surface area contributed by atoms with E-state index in [0.717, 1.165) is 11.1 Å². The van der Waals surface area contributed by atoms with E-state index in [4.69, 9.17) is 9.47 Å². The van der Waals surface area contributed by atoms with E-state index in [1.54, 1.807) is 14.0 Å². The third kappa shape index (κ3) is 2.82. The van der Waals surface area contributed by atoms with Crippen molar-refractivity contribution in [3.63, 3.8) is 0 Å². The molecule has 0 radical (unpaired) electrons. The highest BCUT2D eigenvalue weighted by molar-refractivity contribution is 6.06. The van der Waals surface area contributed by atoms with Gasteiger partial charge in [0.25, 0.3) is 0 Å². The Balaban J connectivity index is 2.01. The summed E-state index contributed by atoms with van der Waals surface area (Å²) in [6.45, 7) is 5.20. The number of carbonyl (C=O) groups is 2. The van der Waals surface area contributed by atoms with Gasteiger partial charge in [0.1, 0.15) is 18.1 Å². The molecule has 25 heavy (non-hydrogen) atoms. The molecule has 2 aliphatic heterocycles. The zero-order chi connectivity index (χ0) is 18.1. The number of carbonyl (C=O) groups excluding carboxylic acids is 2. The maximum atomic E-state index is 12.5. The topological polar surface area (TPSA) is 76.1 Å². The number of aliphatic hydroxyl groups is 1. The highest BCUT2D eigenvalue weighted by atomic mass is 16.5. The van der Waals surface area contributed by atoms with E-state index in [1.165, 1.54) is 11.0 Å². The highest BCUT2D eigenvalue weighted by Crippen LogP contribution is 2.47. The van der Waals surface area contributed by atoms with Crippen molar-refractivity contribution in [2.75, 3.05) is 13.7 Å². The number of β-lactam (4-membered cyclic amide) rings is 1. The number of rotatable bonds is 6. The Hall–Kier alpha value is -2.60. The van der Waals surface area contributed by atoms with E-state index >= 15 is 0 Å². The number of amides is 1. The second-order valence-electron chi connectivity index (χ2n) is 6.19. The van der Waals surface area contributed by atoms with Crippen LogP contribution in [0, 0.1) is 5.92 Å². The van der Waals surface area contributed by atoms with Crippen LogP contribution in [0.3, 0.4) is 0 Å². The Morgan fingerprint density at radius 1 is 1.52 bits per heavy atom. The first-order valence-corrected chi connectivity index (χ1v) is 8.16. The summed E-state index contributed by atoms with van der Waals surface area (Å²) in [5.41, 5.74) is 1.79. The third-order valence-electron chi connectivity index (χ3n) is 4.67. The van der Waals surface area contributed by atoms with Crippen molar-refractivity contribution in [3.8, 4) is 5.75 Å². The van der Waals surface area contributed by atoms with E-state index in [9.17, 15) is 14.7 Å². The van der Waals surface area contributed by atoms with Crippen LogP contribution in [-0.4, -0.2) is 47.7 Å². The van der Waals surface area contributed by atoms with Gasteiger partial charge in [-0.1, -0.05) is 24.8 Å². The molecule has 1 N–H and O–H groups in total. The van der Waals surface area contributed by atoms with Crippen LogP contribution in [0.25, 0.3) is 5.57 Å². The monoisotopic (exact) mass is 343 g/mol. The number of aliphatic hydroxyl groups excluding tert-OH is 1. The molecule has 1 fully saturated rings. The average molecular weight is 343 g/mol. The number of methoxy groups -OCH3 is 1. The van der Waals surface area contributed by atoms with E-state index in [0.29, 0.717) is 12.2 Å². The predicted octanol–water partition coefficient (Wildman–Crippen LogP) is 1.75. The van der Waals surface area contributed by atoms with Crippen molar-refractivity contribution in [1.82, 2.24) is 4.90 Å². The van der Waals surface area contributed by atoms with Gasteiger partial charge in [0.15, 0.2) is 0 Å². The fourth-order valence-corrected chi connectivity index (χ4v) is 3.53. The van der Waals surface area contributed by atoms with Gasteiger partial charge in [0.05, 0.1) is 25.2 Å². The Labute approximate surface area is 146 Å². The van der Waals surface area contributed by atoms with E-state index in [-0.39, 0.29) is 24.3 Å². The molecule has 1 aromatic rings. The SMILES string of the molecule is C=CCOC(=O)C1=C(c2cccc(OC)c2)C[C@@H]2[C@@H]([C@@H](C)O)C(=O)N12. The summed E-state index contributed by atoms with van der Waals surface area (Å²) in [5, 5.41) is 9.88. The molecule has 2 heterocycles. The second-order valence-corrected chi connectivity index (χ2v) is 6.19. The van der Waals surface area contributed by atoms with Gasteiger partial charge in [0, 0.05) is 0 Å². The molecule has 0 saturated carbocycles. The first-order chi connectivity index (χ1) is 12.0. The first-order valence-electron chi connectivity index (χ1n) is 8.16. The van der Waals surface area contributed by atoms with Crippen molar-refractivity contribution in [2.24, 2.45) is 5.92 Å². The number of nitrogens with zero attached hydrogens (tertiary/aromatic N) is 1. The lowest BCUT2D eigenvalue weighted by Crippen LogP contribution is -2.61. The number of ether oxygens (including phenoxy) is 2. The Morgan fingerprint density at radius 2 is 2.28 bits per heavy atom. The van der Waals surface area contributed by atoms with Crippen molar-refractivity contribution in [1.29, 1.82) is 0 Å². The highest BCUT2D eigenvalue weighted by Gasteiger charge is 2.57. The Morgan fingerprint density at radius 3 is 2.92 bits per heavy atom. The van der Waals surface area contributed by atoms with Crippen molar-refractivity contribution in [2.45, 2.75) is 25.5 Å². The minimum Gasteiger partial charge on any atom is -0.497 e. The van der Waals surface area contributed by atoms with Crippen LogP contribution in [0.4, 0.5) is 0 Å². The van der Waals surface area contributed by atoms with Gasteiger partial charge in [-0.25, -0.2) is 4.79 Å². The second kappa shape index (κ2) is 6.72. The van der Waals surface area contributed by atoms with Crippen LogP contribution in [0.2, 0.25) is 0 Å². The van der Waals surface area contributed by atoms with Crippen molar-refractivity contribution < 1.29 is 24.2 Å². The predicted molar refractivity (Wildman–Crippen MR) is 91.5 cm³/mol. The molecule has 1 aromatic carbocycles. The Bertz CT molecular complexity index is 752. The smallest absolute Gasteiger partial charge is 0.355 e. The molecule has 0 bridgehead atoms. The summed E-state index contributed by atoms with van der Waals surface area (Å²) in [6.07, 6.45) is 1.21. The molecule has 0 spiro atoms. The molecule has 1 amide bonds. The zero-order valence-corrected chi connectivity index (χ0v) is 14.3. The molecule has 0 aliphatic carbocycles. The first kappa shape index (κ1) is 17.2. The van der Waals surface area contributed by atoms with Crippen molar-refractivity contribution in [3.05, 3.63) is 48.2 Å². The quantitative estimate of drug-likeness (QED) is 0.484. The normalized spacial score (nSPS) is 23.0. The summed E-state index contributed by atoms with van der Waals surface area (Å²) in [4.78, 5) is 26.4. The molecule has 0 unspecified atom stereocenters. The molecular formula is C19H21NO5. The van der Waals surface area contributed by atoms with Crippen LogP contribution in [0.1, 0.15) is 18.9 Å². The zero-order valence-electron chi connectivity index (χ0n) is 14.3. The van der Waals surface area contributed by atoms with Gasteiger partial charge in [-0.3, -0.25) is 4.79 Å². The van der Waals surface area contributed by atoms with E-state index < -0.39 is 18.0 Å². The molecule has 3 rings (SSSR count). The summed E-state index contributed by atoms with van der Waals surface area (Å²) < 4.78 is 10.4. The number of hydrogen-bond donors (Lipinski definition) is 1. The average Bonchev–Trinajstić information content (AvgIpc) is 2.94. The van der Waals surface area contributed by atoms with Gasteiger partial charge < -0.3 is 19.5 Å². The lowest BCUT2D eigenvalue weighted by molar-refractivity contribution is -0.162. The fraction of sp³-hybridized carbons (Fsp3) is 0.368. The standard InChI is InChI=1S/C19H21NO5/c1-4-8-25-19(23)17-14(12-6-5-7-13(9-12)24-3)10-15-16(11(2)21)18(22)20(15)17/h4-7,9,11,15-16,21H,1,8,10H2,2-3H3/t11-,15-,16-/m1/s1. The molecule has 132 valence electrons. The van der Waals surface area contributed by atoms with Crippen LogP contribution in [0.15, 0.2) is 42.6 Å². The largest absolute Gasteiger partial charge is 0.497 e. The van der Waals surface area contributed by atoms with Gasteiger partial charge in [-0.05, 0) is 36.6 Å². The van der Waals surface area contributed by atoms with Gasteiger partial charge in [-0.2, -0.15) is 0 Å². The lowest BCUT2D eigenvalue weighted by Gasteiger charge is -2.44. The summed E-state index contributed by atoms with van der Waals surface area (Å²) in [7, 11) is 1.57. The molecule has 2 aliphatic rings. The summed E-state index contributed by atoms with van der Waals surface area (Å²) >= 11 is 0. The minimum absolute atomic E-state index is 0.0697. The summed E-state index contributed by atoms with van der Waals surface area (Å²) in [5.74, 6) is -0.636. The maximum Gasteiger partial charge on any atom is 0.355 e. The van der Waals surface area contributed by atoms with Crippen molar-refractivity contribution >= 4 is 17.4 Å². The van der Waals surface area contributed by atoms with Crippen LogP contribution >= 0.6 is 0 Å². The molecule has 6 nitrogen and oxygen atoms in total. The third-order valence-corrected chi connectivity index (χ3v) is 4.67. The molecule has 6 heteroatoms. The van der Waals surface area contributed by atoms with E-state index in [1.807, 2.05) is 24.3 Å². The van der Waals surface area contributed by atoms with Crippen LogP contribution in [-0.2, 0) is 14.3 Å². The maximum absolute atomic E-state index is 12.5. The number of fused-ring (bicyclic) bond motifs is 1. The number of benzene rings is 1. The van der Waals surface area contributed by atoms with Crippen LogP contribution in [0.5, 0.6) is 5.75 Å². The fourth-order valence-electron chi connectivity index (χ4n) is 3.53. The van der Waals surface area contributed by atoms with E-state index in [2.05, 4.69) is 6.58 Å².